The second kappa shape index (κ2) is 4.56. The van der Waals surface area contributed by atoms with Crippen LogP contribution in [0.3, 0.4) is 0 Å². The average Bonchev–Trinajstić information content (AvgIpc) is 2.27. The van der Waals surface area contributed by atoms with Crippen LogP contribution in [0.4, 0.5) is 5.69 Å². The van der Waals surface area contributed by atoms with Crippen LogP contribution in [0.2, 0.25) is 0 Å². The lowest BCUT2D eigenvalue weighted by Crippen LogP contribution is -2.14. The van der Waals surface area contributed by atoms with E-state index in [1.54, 1.807) is 0 Å². The first kappa shape index (κ1) is 11.0. The van der Waals surface area contributed by atoms with E-state index in [-0.39, 0.29) is 5.91 Å². The number of carbonyl (C=O) groups is 1. The number of rotatable bonds is 2. The summed E-state index contributed by atoms with van der Waals surface area (Å²) in [6, 6.07) is 5.92. The molecule has 1 unspecified atom stereocenters. The molecule has 0 radical (unpaired) electrons. The van der Waals surface area contributed by atoms with Crippen molar-refractivity contribution in [1.29, 1.82) is 0 Å². The highest BCUT2D eigenvalue weighted by atomic mass is 16.5. The third-order valence-electron chi connectivity index (χ3n) is 2.99. The molecule has 1 amide bonds. The molecule has 0 bridgehead atoms. The van der Waals surface area contributed by atoms with Crippen molar-refractivity contribution in [2.75, 3.05) is 11.9 Å². The predicted molar refractivity (Wildman–Crippen MR) is 63.9 cm³/mol. The maximum absolute atomic E-state index is 10.9. The quantitative estimate of drug-likeness (QED) is 0.830. The second-order valence-electron chi connectivity index (χ2n) is 4.18. The minimum absolute atomic E-state index is 0.0530. The zero-order chi connectivity index (χ0) is 11.5. The van der Waals surface area contributed by atoms with Gasteiger partial charge in [0, 0.05) is 18.7 Å². The number of hydrogen-bond donors (Lipinski definition) is 1. The van der Waals surface area contributed by atoms with Gasteiger partial charge in [-0.2, -0.15) is 0 Å². The summed E-state index contributed by atoms with van der Waals surface area (Å²) in [4.78, 5) is 10.9. The summed E-state index contributed by atoms with van der Waals surface area (Å²) in [5.74, 6) is 1.46. The topological polar surface area (TPSA) is 38.3 Å². The Balaban J connectivity index is 2.28. The summed E-state index contributed by atoms with van der Waals surface area (Å²) >= 11 is 0. The Hall–Kier alpha value is -1.51. The first-order chi connectivity index (χ1) is 7.70. The van der Waals surface area contributed by atoms with E-state index in [2.05, 4.69) is 18.3 Å². The van der Waals surface area contributed by atoms with Gasteiger partial charge in [0.25, 0.3) is 0 Å². The van der Waals surface area contributed by atoms with Gasteiger partial charge >= 0.3 is 0 Å². The monoisotopic (exact) mass is 219 g/mol. The van der Waals surface area contributed by atoms with Crippen LogP contribution < -0.4 is 10.1 Å². The maximum atomic E-state index is 10.9. The van der Waals surface area contributed by atoms with Crippen molar-refractivity contribution < 1.29 is 9.53 Å². The molecule has 86 valence electrons. The molecule has 1 aliphatic heterocycles. The lowest BCUT2D eigenvalue weighted by molar-refractivity contribution is -0.114. The number of benzene rings is 1. The molecular formula is C13H17NO2. The standard InChI is InChI=1S/C13H17NO2/c1-3-10-6-7-16-13-8-11(14-9(2)15)4-5-12(10)13/h4-5,8,10H,3,6-7H2,1-2H3,(H,14,15). The average molecular weight is 219 g/mol. The van der Waals surface area contributed by atoms with Gasteiger partial charge < -0.3 is 10.1 Å². The summed E-state index contributed by atoms with van der Waals surface area (Å²) in [6.07, 6.45) is 2.22. The molecule has 0 aromatic heterocycles. The molecule has 1 atom stereocenters. The highest BCUT2D eigenvalue weighted by Gasteiger charge is 2.20. The molecule has 1 aromatic carbocycles. The Bertz CT molecular complexity index is 401. The van der Waals surface area contributed by atoms with Gasteiger partial charge in [0.15, 0.2) is 0 Å². The highest BCUT2D eigenvalue weighted by molar-refractivity contribution is 5.88. The number of amides is 1. The van der Waals surface area contributed by atoms with Gasteiger partial charge in [-0.15, -0.1) is 0 Å². The Morgan fingerprint density at radius 2 is 2.38 bits per heavy atom. The molecule has 3 nitrogen and oxygen atoms in total. The first-order valence-electron chi connectivity index (χ1n) is 5.75. The van der Waals surface area contributed by atoms with Crippen molar-refractivity contribution in [2.24, 2.45) is 0 Å². The van der Waals surface area contributed by atoms with Crippen LogP contribution >= 0.6 is 0 Å². The molecule has 0 saturated heterocycles. The normalized spacial score (nSPS) is 18.5. The van der Waals surface area contributed by atoms with Gasteiger partial charge in [-0.1, -0.05) is 13.0 Å². The van der Waals surface area contributed by atoms with E-state index < -0.39 is 0 Å². The van der Waals surface area contributed by atoms with Crippen molar-refractivity contribution in [2.45, 2.75) is 32.6 Å². The molecule has 0 saturated carbocycles. The largest absolute Gasteiger partial charge is 0.493 e. The molecule has 16 heavy (non-hydrogen) atoms. The fourth-order valence-electron chi connectivity index (χ4n) is 2.17. The van der Waals surface area contributed by atoms with E-state index in [9.17, 15) is 4.79 Å². The van der Waals surface area contributed by atoms with Crippen molar-refractivity contribution >= 4 is 11.6 Å². The molecule has 1 heterocycles. The number of carbonyl (C=O) groups excluding carboxylic acids is 1. The fourth-order valence-corrected chi connectivity index (χ4v) is 2.17. The van der Waals surface area contributed by atoms with Gasteiger partial charge in [0.05, 0.1) is 6.61 Å². The van der Waals surface area contributed by atoms with Crippen LogP contribution in [0.5, 0.6) is 5.75 Å². The van der Waals surface area contributed by atoms with Crippen LogP contribution in [0.1, 0.15) is 38.2 Å². The lowest BCUT2D eigenvalue weighted by atomic mass is 9.91. The number of ether oxygens (including phenoxy) is 1. The summed E-state index contributed by atoms with van der Waals surface area (Å²) in [5, 5.41) is 2.77. The van der Waals surface area contributed by atoms with Crippen LogP contribution in [0, 0.1) is 0 Å². The Kier molecular flexibility index (Phi) is 3.13. The number of hydrogen-bond acceptors (Lipinski definition) is 2. The van der Waals surface area contributed by atoms with E-state index in [1.807, 2.05) is 12.1 Å². The minimum atomic E-state index is -0.0530. The molecule has 1 aliphatic rings. The van der Waals surface area contributed by atoms with Crippen LogP contribution in [0.25, 0.3) is 0 Å². The van der Waals surface area contributed by atoms with Crippen molar-refractivity contribution in [1.82, 2.24) is 0 Å². The molecular weight excluding hydrogens is 202 g/mol. The highest BCUT2D eigenvalue weighted by Crippen LogP contribution is 2.37. The maximum Gasteiger partial charge on any atom is 0.221 e. The summed E-state index contributed by atoms with van der Waals surface area (Å²) in [5.41, 5.74) is 2.07. The Morgan fingerprint density at radius 1 is 1.56 bits per heavy atom. The van der Waals surface area contributed by atoms with Gasteiger partial charge in [-0.25, -0.2) is 0 Å². The van der Waals surface area contributed by atoms with E-state index in [0.717, 1.165) is 30.9 Å². The second-order valence-corrected chi connectivity index (χ2v) is 4.18. The van der Waals surface area contributed by atoms with Gasteiger partial charge in [0.2, 0.25) is 5.91 Å². The zero-order valence-corrected chi connectivity index (χ0v) is 9.75. The third-order valence-corrected chi connectivity index (χ3v) is 2.99. The van der Waals surface area contributed by atoms with Crippen molar-refractivity contribution in [3.8, 4) is 5.75 Å². The zero-order valence-electron chi connectivity index (χ0n) is 9.75. The molecule has 0 aliphatic carbocycles. The summed E-state index contributed by atoms with van der Waals surface area (Å²) in [7, 11) is 0. The molecule has 0 fully saturated rings. The van der Waals surface area contributed by atoms with Gasteiger partial charge in [-0.3, -0.25) is 4.79 Å². The van der Waals surface area contributed by atoms with Crippen LogP contribution in [0.15, 0.2) is 18.2 Å². The summed E-state index contributed by atoms with van der Waals surface area (Å²) < 4.78 is 5.63. The first-order valence-corrected chi connectivity index (χ1v) is 5.75. The van der Waals surface area contributed by atoms with Crippen molar-refractivity contribution in [3.05, 3.63) is 23.8 Å². The van der Waals surface area contributed by atoms with Gasteiger partial charge in [-0.05, 0) is 30.4 Å². The fraction of sp³-hybridized carbons (Fsp3) is 0.462. The number of fused-ring (bicyclic) bond motifs is 1. The molecule has 1 aromatic rings. The van der Waals surface area contributed by atoms with Gasteiger partial charge in [0.1, 0.15) is 5.75 Å². The van der Waals surface area contributed by atoms with Crippen LogP contribution in [-0.2, 0) is 4.79 Å². The molecule has 3 heteroatoms. The Morgan fingerprint density at radius 3 is 3.06 bits per heavy atom. The third kappa shape index (κ3) is 2.18. The van der Waals surface area contributed by atoms with Crippen LogP contribution in [-0.4, -0.2) is 12.5 Å². The van der Waals surface area contributed by atoms with E-state index in [1.165, 1.54) is 12.5 Å². The molecule has 0 spiro atoms. The minimum Gasteiger partial charge on any atom is -0.493 e. The van der Waals surface area contributed by atoms with E-state index >= 15 is 0 Å². The molecule has 2 rings (SSSR count). The number of anilines is 1. The van der Waals surface area contributed by atoms with Crippen molar-refractivity contribution in [3.63, 3.8) is 0 Å². The number of nitrogens with one attached hydrogen (secondary N) is 1. The van der Waals surface area contributed by atoms with E-state index in [4.69, 9.17) is 4.74 Å². The van der Waals surface area contributed by atoms with E-state index in [0.29, 0.717) is 5.92 Å². The lowest BCUT2D eigenvalue weighted by Gasteiger charge is -2.25. The summed E-state index contributed by atoms with van der Waals surface area (Å²) in [6.45, 7) is 4.48. The SMILES string of the molecule is CCC1CCOc2cc(NC(C)=O)ccc21. The Labute approximate surface area is 95.8 Å². The predicted octanol–water partition coefficient (Wildman–Crippen LogP) is 2.92. The molecule has 1 N–H and O–H groups in total. The smallest absolute Gasteiger partial charge is 0.221 e.